The number of hydrogen-bond donors (Lipinski definition) is 1. The standard InChI is InChI=1S/C16H18N4O3S.C8H8Cl2/c1-5-23-15(22)10-6-7-11-12(8-10)24-16(18-11)19-14(21)13(9(2)3)20-17-4;1-2-6-3-4-7(9)8(10)5-6/h6-8H,5H2,1-4H3,(H,18,19,21);3-5H,2H2,1H3. The van der Waals surface area contributed by atoms with Crippen molar-refractivity contribution in [2.24, 2.45) is 10.2 Å². The Morgan fingerprint density at radius 1 is 1.09 bits per heavy atom. The summed E-state index contributed by atoms with van der Waals surface area (Å²) in [7, 11) is 1.50. The van der Waals surface area contributed by atoms with Crippen LogP contribution in [0.2, 0.25) is 10.0 Å². The van der Waals surface area contributed by atoms with Crippen molar-refractivity contribution in [3.63, 3.8) is 0 Å². The molecule has 34 heavy (non-hydrogen) atoms. The molecule has 3 rings (SSSR count). The van der Waals surface area contributed by atoms with Crippen LogP contribution in [-0.2, 0) is 16.0 Å². The van der Waals surface area contributed by atoms with Crippen LogP contribution in [0.1, 0.15) is 43.6 Å². The molecule has 1 heterocycles. The molecule has 0 saturated heterocycles. The molecule has 0 fully saturated rings. The Morgan fingerprint density at radius 2 is 1.82 bits per heavy atom. The van der Waals surface area contributed by atoms with Crippen molar-refractivity contribution in [3.05, 3.63) is 68.8 Å². The number of allylic oxidation sites excluding steroid dienone is 1. The first-order valence-electron chi connectivity index (χ1n) is 10.5. The molecule has 0 atom stereocenters. The maximum absolute atomic E-state index is 12.3. The summed E-state index contributed by atoms with van der Waals surface area (Å²) >= 11 is 12.7. The van der Waals surface area contributed by atoms with Gasteiger partial charge in [-0.25, -0.2) is 9.78 Å². The number of esters is 1. The Labute approximate surface area is 212 Å². The third kappa shape index (κ3) is 7.62. The van der Waals surface area contributed by atoms with Crippen LogP contribution in [0.3, 0.4) is 0 Å². The van der Waals surface area contributed by atoms with Gasteiger partial charge >= 0.3 is 5.97 Å². The van der Waals surface area contributed by atoms with E-state index in [1.54, 1.807) is 39.0 Å². The van der Waals surface area contributed by atoms with E-state index < -0.39 is 0 Å². The van der Waals surface area contributed by atoms with E-state index >= 15 is 0 Å². The van der Waals surface area contributed by atoms with Crippen molar-refractivity contribution in [2.75, 3.05) is 19.0 Å². The highest BCUT2D eigenvalue weighted by atomic mass is 35.5. The first-order chi connectivity index (χ1) is 16.2. The van der Waals surface area contributed by atoms with Crippen molar-refractivity contribution in [1.29, 1.82) is 0 Å². The van der Waals surface area contributed by atoms with Crippen LogP contribution in [0.5, 0.6) is 0 Å². The van der Waals surface area contributed by atoms with Crippen molar-refractivity contribution in [2.45, 2.75) is 34.1 Å². The summed E-state index contributed by atoms with van der Waals surface area (Å²) in [5.74, 6) is -0.751. The van der Waals surface area contributed by atoms with Crippen LogP contribution in [-0.4, -0.2) is 30.5 Å². The summed E-state index contributed by atoms with van der Waals surface area (Å²) in [5.41, 5.74) is 3.37. The number of ether oxygens (including phenoxy) is 1. The average molecular weight is 521 g/mol. The first-order valence-corrected chi connectivity index (χ1v) is 12.1. The van der Waals surface area contributed by atoms with Crippen molar-refractivity contribution in [1.82, 2.24) is 4.98 Å². The number of anilines is 1. The molecule has 2 aromatic carbocycles. The Morgan fingerprint density at radius 3 is 2.41 bits per heavy atom. The molecular weight excluding hydrogens is 495 g/mol. The van der Waals surface area contributed by atoms with Gasteiger partial charge in [0.25, 0.3) is 5.91 Å². The molecule has 0 bridgehead atoms. The number of amides is 1. The summed E-state index contributed by atoms with van der Waals surface area (Å²) in [6.07, 6.45) is 0.997. The minimum absolute atomic E-state index is 0.254. The largest absolute Gasteiger partial charge is 0.462 e. The molecule has 1 amide bonds. The molecule has 180 valence electrons. The topological polar surface area (TPSA) is 93.0 Å². The van der Waals surface area contributed by atoms with Gasteiger partial charge in [0, 0.05) is 7.05 Å². The molecule has 0 radical (unpaired) electrons. The fourth-order valence-electron chi connectivity index (χ4n) is 2.71. The predicted octanol–water partition coefficient (Wildman–Crippen LogP) is 7.34. The lowest BCUT2D eigenvalue weighted by Crippen LogP contribution is -2.13. The number of benzene rings is 2. The van der Waals surface area contributed by atoms with E-state index in [2.05, 4.69) is 27.5 Å². The van der Waals surface area contributed by atoms with Gasteiger partial charge in [-0.05, 0) is 68.7 Å². The second-order valence-corrected chi connectivity index (χ2v) is 8.97. The Balaban J connectivity index is 0.000000340. The number of nitrogens with one attached hydrogen (secondary N) is 1. The number of aromatic nitrogens is 1. The van der Waals surface area contributed by atoms with Gasteiger partial charge in [0.15, 0.2) is 5.13 Å². The highest BCUT2D eigenvalue weighted by molar-refractivity contribution is 7.22. The highest BCUT2D eigenvalue weighted by Crippen LogP contribution is 2.28. The molecule has 0 aliphatic carbocycles. The van der Waals surface area contributed by atoms with E-state index in [1.165, 1.54) is 23.9 Å². The molecule has 0 spiro atoms. The van der Waals surface area contributed by atoms with Gasteiger partial charge in [0.2, 0.25) is 0 Å². The molecule has 1 N–H and O–H groups in total. The van der Waals surface area contributed by atoms with Crippen molar-refractivity contribution >= 4 is 61.8 Å². The fourth-order valence-corrected chi connectivity index (χ4v) is 3.93. The van der Waals surface area contributed by atoms with Gasteiger partial charge < -0.3 is 4.74 Å². The zero-order chi connectivity index (χ0) is 25.3. The van der Waals surface area contributed by atoms with Crippen molar-refractivity contribution < 1.29 is 14.3 Å². The molecule has 7 nitrogen and oxygen atoms in total. The zero-order valence-electron chi connectivity index (χ0n) is 19.6. The second-order valence-electron chi connectivity index (χ2n) is 7.13. The molecule has 0 aliphatic heterocycles. The van der Waals surface area contributed by atoms with Gasteiger partial charge in [0.1, 0.15) is 5.70 Å². The number of azo groups is 1. The van der Waals surface area contributed by atoms with E-state index in [4.69, 9.17) is 27.9 Å². The van der Waals surface area contributed by atoms with Crippen LogP contribution in [0, 0.1) is 0 Å². The van der Waals surface area contributed by atoms with E-state index in [0.717, 1.165) is 16.7 Å². The number of carbonyl (C=O) groups excluding carboxylic acids is 2. The number of thiazole rings is 1. The third-order valence-corrected chi connectivity index (χ3v) is 6.07. The van der Waals surface area contributed by atoms with Gasteiger partial charge in [-0.2, -0.15) is 10.2 Å². The monoisotopic (exact) mass is 520 g/mol. The van der Waals surface area contributed by atoms with E-state index in [1.807, 2.05) is 18.2 Å². The number of aryl methyl sites for hydroxylation is 1. The molecule has 0 aliphatic rings. The minimum atomic E-state index is -0.381. The lowest BCUT2D eigenvalue weighted by Gasteiger charge is -2.02. The normalized spacial score (nSPS) is 10.6. The number of fused-ring (bicyclic) bond motifs is 1. The molecule has 10 heteroatoms. The summed E-state index contributed by atoms with van der Waals surface area (Å²) < 4.78 is 5.76. The van der Waals surface area contributed by atoms with E-state index in [-0.39, 0.29) is 17.6 Å². The maximum Gasteiger partial charge on any atom is 0.338 e. The summed E-state index contributed by atoms with van der Waals surface area (Å²) in [6.45, 7) is 7.73. The second kappa shape index (κ2) is 13.2. The average Bonchev–Trinajstić information content (AvgIpc) is 3.20. The Kier molecular flexibility index (Phi) is 10.6. The maximum atomic E-state index is 12.3. The minimum Gasteiger partial charge on any atom is -0.462 e. The lowest BCUT2D eigenvalue weighted by molar-refractivity contribution is -0.113. The van der Waals surface area contributed by atoms with Crippen LogP contribution in [0.25, 0.3) is 10.2 Å². The van der Waals surface area contributed by atoms with Crippen molar-refractivity contribution in [3.8, 4) is 0 Å². The number of carbonyl (C=O) groups is 2. The lowest BCUT2D eigenvalue weighted by atomic mass is 10.2. The molecule has 0 saturated carbocycles. The summed E-state index contributed by atoms with van der Waals surface area (Å²) in [5, 5.41) is 11.9. The number of halogens is 2. The Hall–Kier alpha value is -2.81. The zero-order valence-corrected chi connectivity index (χ0v) is 21.9. The van der Waals surface area contributed by atoms with Gasteiger partial charge in [0.05, 0.1) is 32.4 Å². The summed E-state index contributed by atoms with van der Waals surface area (Å²) in [6, 6.07) is 10.8. The number of nitrogens with zero attached hydrogens (tertiary/aromatic N) is 3. The van der Waals surface area contributed by atoms with Crippen LogP contribution < -0.4 is 5.32 Å². The SMILES string of the molecule is CCOC(=O)c1ccc2nc(NC(=O)C(N=NC)=C(C)C)sc2c1.CCc1ccc(Cl)c(Cl)c1. The van der Waals surface area contributed by atoms with Crippen LogP contribution in [0.15, 0.2) is 57.9 Å². The predicted molar refractivity (Wildman–Crippen MR) is 139 cm³/mol. The molecular formula is C24H26Cl2N4O3S. The van der Waals surface area contributed by atoms with Crippen LogP contribution in [0.4, 0.5) is 5.13 Å². The third-order valence-electron chi connectivity index (χ3n) is 4.40. The molecule has 0 unspecified atom stereocenters. The van der Waals surface area contributed by atoms with E-state index in [9.17, 15) is 9.59 Å². The summed E-state index contributed by atoms with van der Waals surface area (Å²) in [4.78, 5) is 28.4. The Bertz CT molecular complexity index is 1230. The number of hydrogen-bond acceptors (Lipinski definition) is 7. The quantitative estimate of drug-likeness (QED) is 0.209. The van der Waals surface area contributed by atoms with E-state index in [0.29, 0.717) is 32.9 Å². The van der Waals surface area contributed by atoms with Gasteiger partial charge in [-0.15, -0.1) is 0 Å². The number of rotatable bonds is 6. The highest BCUT2D eigenvalue weighted by Gasteiger charge is 2.15. The smallest absolute Gasteiger partial charge is 0.338 e. The molecule has 1 aromatic heterocycles. The first kappa shape index (κ1) is 27.4. The van der Waals surface area contributed by atoms with Crippen LogP contribution >= 0.6 is 34.5 Å². The van der Waals surface area contributed by atoms with Gasteiger partial charge in [-0.3, -0.25) is 10.1 Å². The van der Waals surface area contributed by atoms with Gasteiger partial charge in [-0.1, -0.05) is 47.5 Å². The fraction of sp³-hybridized carbons (Fsp3) is 0.292. The molecule has 3 aromatic rings.